The molecule has 14 nitrogen and oxygen atoms in total. The molecule has 1 aromatic rings. The minimum Gasteiger partial charge on any atom is -0.458 e. The molecule has 1 aromatic carbocycles. The van der Waals surface area contributed by atoms with Gasteiger partial charge in [-0.15, -0.1) is 0 Å². The van der Waals surface area contributed by atoms with Gasteiger partial charge in [0.05, 0.1) is 42.7 Å². The predicted molar refractivity (Wildman–Crippen MR) is 236 cm³/mol. The lowest BCUT2D eigenvalue weighted by molar-refractivity contribution is -0.159. The van der Waals surface area contributed by atoms with Gasteiger partial charge >= 0.3 is 5.97 Å². The lowest BCUT2D eigenvalue weighted by atomic mass is 9.89. The third kappa shape index (κ3) is 15.1. The van der Waals surface area contributed by atoms with Crippen molar-refractivity contribution in [1.82, 2.24) is 25.3 Å². The monoisotopic (exact) mass is 845 g/mol. The van der Waals surface area contributed by atoms with Crippen molar-refractivity contribution in [2.75, 3.05) is 41.9 Å². The Morgan fingerprint density at radius 2 is 1.55 bits per heavy atom. The number of hydrogen-bond donors (Lipinski definition) is 3. The summed E-state index contributed by atoms with van der Waals surface area (Å²) in [4.78, 5) is 75.0. The first-order chi connectivity index (χ1) is 28.1. The van der Waals surface area contributed by atoms with Crippen LogP contribution in [0.2, 0.25) is 0 Å². The molecule has 1 heterocycles. The van der Waals surface area contributed by atoms with Crippen LogP contribution in [-0.2, 0) is 44.6 Å². The number of nitrogens with one attached hydrogen (secondary N) is 2. The number of carbonyl (C=O) groups excluding carboxylic acids is 5. The molecule has 0 aromatic heterocycles. The van der Waals surface area contributed by atoms with Gasteiger partial charge in [0.1, 0.15) is 17.7 Å². The van der Waals surface area contributed by atoms with Gasteiger partial charge in [0, 0.05) is 40.3 Å². The van der Waals surface area contributed by atoms with E-state index in [1.165, 1.54) is 14.2 Å². The number of methoxy groups -OCH3 is 2. The van der Waals surface area contributed by atoms with Gasteiger partial charge < -0.3 is 40.4 Å². The zero-order valence-electron chi connectivity index (χ0n) is 39.3. The number of nitrogens with two attached hydrogens (primary N) is 1. The maximum absolute atomic E-state index is 14.4. The van der Waals surface area contributed by atoms with Crippen molar-refractivity contribution < 1.29 is 38.2 Å². The summed E-state index contributed by atoms with van der Waals surface area (Å²) < 4.78 is 17.7. The van der Waals surface area contributed by atoms with Gasteiger partial charge in [-0.3, -0.25) is 24.1 Å². The Morgan fingerprint density at radius 1 is 0.917 bits per heavy atom. The Labute approximate surface area is 361 Å². The maximum Gasteiger partial charge on any atom is 0.329 e. The van der Waals surface area contributed by atoms with E-state index in [4.69, 9.17) is 19.9 Å². The summed E-state index contributed by atoms with van der Waals surface area (Å²) in [7, 11) is 8.49. The fourth-order valence-corrected chi connectivity index (χ4v) is 8.59. The van der Waals surface area contributed by atoms with E-state index in [0.717, 1.165) is 24.8 Å². The van der Waals surface area contributed by atoms with E-state index < -0.39 is 65.9 Å². The van der Waals surface area contributed by atoms with Crippen molar-refractivity contribution in [2.24, 2.45) is 23.5 Å². The second-order valence-corrected chi connectivity index (χ2v) is 18.2. The molecule has 1 aliphatic heterocycles. The van der Waals surface area contributed by atoms with Crippen molar-refractivity contribution >= 4 is 29.6 Å². The van der Waals surface area contributed by atoms with Gasteiger partial charge in [-0.25, -0.2) is 4.79 Å². The van der Waals surface area contributed by atoms with Crippen LogP contribution in [0.4, 0.5) is 0 Å². The van der Waals surface area contributed by atoms with Crippen LogP contribution in [0.25, 0.3) is 0 Å². The molecule has 0 radical (unpaired) electrons. The molecule has 342 valence electrons. The molecule has 0 spiro atoms. The molecule has 4 N–H and O–H groups in total. The molecular formula is C46H80N6O8. The number of rotatable bonds is 24. The molecule has 11 atom stereocenters. The minimum atomic E-state index is -0.997. The summed E-state index contributed by atoms with van der Waals surface area (Å²) in [5, 5.41) is 5.92. The first kappa shape index (κ1) is 52.5. The molecule has 1 fully saturated rings. The average molecular weight is 845 g/mol. The quantitative estimate of drug-likeness (QED) is 0.125. The van der Waals surface area contributed by atoms with Crippen molar-refractivity contribution in [3.05, 3.63) is 35.9 Å². The molecule has 14 heteroatoms. The van der Waals surface area contributed by atoms with Gasteiger partial charge in [-0.2, -0.15) is 0 Å². The molecule has 0 saturated carbocycles. The minimum absolute atomic E-state index is 0.0265. The van der Waals surface area contributed by atoms with Crippen molar-refractivity contribution in [3.63, 3.8) is 0 Å². The second kappa shape index (κ2) is 24.8. The largest absolute Gasteiger partial charge is 0.458 e. The van der Waals surface area contributed by atoms with Gasteiger partial charge in [-0.1, -0.05) is 84.2 Å². The van der Waals surface area contributed by atoms with E-state index in [0.29, 0.717) is 25.8 Å². The molecule has 1 aliphatic rings. The number of nitrogens with zero attached hydrogens (tertiary/aromatic N) is 3. The second-order valence-electron chi connectivity index (χ2n) is 18.2. The zero-order chi connectivity index (χ0) is 45.5. The summed E-state index contributed by atoms with van der Waals surface area (Å²) >= 11 is 0. The number of esters is 1. The van der Waals surface area contributed by atoms with Gasteiger partial charge in [0.25, 0.3) is 0 Å². The van der Waals surface area contributed by atoms with Crippen LogP contribution in [0.1, 0.15) is 113 Å². The highest BCUT2D eigenvalue weighted by Crippen LogP contribution is 2.30. The van der Waals surface area contributed by atoms with Crippen LogP contribution in [0, 0.1) is 17.8 Å². The molecule has 4 amide bonds. The van der Waals surface area contributed by atoms with Crippen molar-refractivity contribution in [1.29, 1.82) is 0 Å². The Balaban J connectivity index is 2.32. The maximum atomic E-state index is 14.4. The van der Waals surface area contributed by atoms with Crippen LogP contribution in [0.5, 0.6) is 0 Å². The summed E-state index contributed by atoms with van der Waals surface area (Å²) in [6, 6.07) is 5.43. The lowest BCUT2D eigenvalue weighted by Gasteiger charge is -2.41. The summed E-state index contributed by atoms with van der Waals surface area (Å²) in [5.41, 5.74) is 6.53. The molecule has 11 unspecified atom stereocenters. The molecule has 1 saturated heterocycles. The normalized spacial score (nSPS) is 19.5. The van der Waals surface area contributed by atoms with Gasteiger partial charge in [0.15, 0.2) is 0 Å². The van der Waals surface area contributed by atoms with Crippen LogP contribution in [0.15, 0.2) is 30.3 Å². The zero-order valence-corrected chi connectivity index (χ0v) is 39.3. The number of unbranched alkanes of at least 4 members (excludes halogenated alkanes) is 1. The van der Waals surface area contributed by atoms with E-state index in [2.05, 4.69) is 24.5 Å². The fraction of sp³-hybridized carbons (Fsp3) is 0.761. The number of likely N-dealkylation sites (tertiary alicyclic amines) is 1. The number of ether oxygens (including phenoxy) is 3. The highest BCUT2D eigenvalue weighted by Gasteiger charge is 2.44. The molecular weight excluding hydrogens is 765 g/mol. The molecule has 2 rings (SSSR count). The van der Waals surface area contributed by atoms with E-state index >= 15 is 0 Å². The molecule has 0 aliphatic carbocycles. The van der Waals surface area contributed by atoms with Crippen molar-refractivity contribution in [3.8, 4) is 0 Å². The Kier molecular flexibility index (Phi) is 21.7. The van der Waals surface area contributed by atoms with Crippen LogP contribution < -0.4 is 16.4 Å². The SMILES string of the molecule is CCCCC(C)C(C(=O)NC(C(=O)N(C)C(C(C)CC)C(CC(=O)N1CCCC1C(OC)C(C)C(=O)NC(Cc1ccccc1)C(=O)OC(C)(C)C)OC)C(C)N)N(C)C. The van der Waals surface area contributed by atoms with E-state index in [1.807, 2.05) is 63.2 Å². The number of amides is 4. The van der Waals surface area contributed by atoms with Gasteiger partial charge in [0.2, 0.25) is 23.6 Å². The first-order valence-corrected chi connectivity index (χ1v) is 22.0. The summed E-state index contributed by atoms with van der Waals surface area (Å²) in [5.74, 6) is -2.45. The van der Waals surface area contributed by atoms with Crippen molar-refractivity contribution in [2.45, 2.75) is 168 Å². The van der Waals surface area contributed by atoms with E-state index in [9.17, 15) is 24.0 Å². The topological polar surface area (TPSA) is 173 Å². The summed E-state index contributed by atoms with van der Waals surface area (Å²) in [6.45, 7) is 17.5. The average Bonchev–Trinajstić information content (AvgIpc) is 3.67. The highest BCUT2D eigenvalue weighted by molar-refractivity contribution is 5.91. The summed E-state index contributed by atoms with van der Waals surface area (Å²) in [6.07, 6.45) is 3.78. The standard InChI is InChI=1S/C46H80N6O8/c1-15-17-22-30(4)40(50(10)11)43(55)49-38(32(6)47)44(56)51(12)39(29(3)16-2)36(58-13)28-37(53)52-26-21-25-35(52)41(59-14)31(5)42(54)48-34(45(57)60-46(7,8)9)27-33-23-19-18-20-24-33/h18-20,23-24,29-32,34-36,38-41H,15-17,21-22,25-28,47H2,1-14H3,(H,48,54)(H,49,55). The van der Waals surface area contributed by atoms with E-state index in [1.54, 1.807) is 51.5 Å². The first-order valence-electron chi connectivity index (χ1n) is 22.0. The molecule has 0 bridgehead atoms. The third-order valence-corrected chi connectivity index (χ3v) is 12.0. The fourth-order valence-electron chi connectivity index (χ4n) is 8.59. The number of likely N-dealkylation sites (N-methyl/N-ethyl adjacent to an activating group) is 2. The van der Waals surface area contributed by atoms with Crippen LogP contribution >= 0.6 is 0 Å². The number of hydrogen-bond acceptors (Lipinski definition) is 10. The van der Waals surface area contributed by atoms with Crippen LogP contribution in [0.3, 0.4) is 0 Å². The highest BCUT2D eigenvalue weighted by atomic mass is 16.6. The lowest BCUT2D eigenvalue weighted by Crippen LogP contribution is -2.62. The smallest absolute Gasteiger partial charge is 0.329 e. The van der Waals surface area contributed by atoms with Crippen LogP contribution in [-0.4, -0.2) is 140 Å². The Morgan fingerprint density at radius 3 is 2.07 bits per heavy atom. The van der Waals surface area contributed by atoms with E-state index in [-0.39, 0.29) is 48.3 Å². The Bertz CT molecular complexity index is 1500. The number of benzene rings is 1. The third-order valence-electron chi connectivity index (χ3n) is 12.0. The number of carbonyl (C=O) groups is 5. The van der Waals surface area contributed by atoms with Gasteiger partial charge in [-0.05, 0) is 78.5 Å². The predicted octanol–water partition coefficient (Wildman–Crippen LogP) is 4.56. The Hall–Kier alpha value is -3.59. The molecule has 60 heavy (non-hydrogen) atoms.